The molecule has 1 aliphatic rings. The maximum atomic E-state index is 14.0. The summed E-state index contributed by atoms with van der Waals surface area (Å²) < 4.78 is 30.1. The molecule has 1 aromatic rings. The highest BCUT2D eigenvalue weighted by molar-refractivity contribution is 5.30. The van der Waals surface area contributed by atoms with Gasteiger partial charge in [-0.15, -0.1) is 0 Å². The average Bonchev–Trinajstić information content (AvgIpc) is 2.47. The van der Waals surface area contributed by atoms with E-state index >= 15 is 0 Å². The Morgan fingerprint density at radius 3 is 2.74 bits per heavy atom. The van der Waals surface area contributed by atoms with E-state index in [0.29, 0.717) is 25.3 Å². The van der Waals surface area contributed by atoms with Gasteiger partial charge in [0, 0.05) is 38.2 Å². The van der Waals surface area contributed by atoms with Crippen molar-refractivity contribution in [2.24, 2.45) is 5.73 Å². The lowest BCUT2D eigenvalue weighted by atomic mass is 9.94. The Morgan fingerprint density at radius 1 is 1.37 bits per heavy atom. The monoisotopic (exact) mass is 269 g/mol. The highest BCUT2D eigenvalue weighted by atomic mass is 19.1. The van der Waals surface area contributed by atoms with Crippen LogP contribution in [0.3, 0.4) is 0 Å². The molecular weight excluding hydrogens is 249 g/mol. The summed E-state index contributed by atoms with van der Waals surface area (Å²) in [5.41, 5.74) is 5.89. The van der Waals surface area contributed by atoms with Crippen molar-refractivity contribution in [1.29, 1.82) is 0 Å². The molecule has 0 bridgehead atoms. The summed E-state index contributed by atoms with van der Waals surface area (Å²) >= 11 is 0. The standard InChI is InChI=1S/C14H20FNO3/c1-17-12-4-2-3-11(13(12)15)9-19-14(10-16)5-7-18-8-6-14/h2-4H,5-10,16H2,1H3. The van der Waals surface area contributed by atoms with Crippen LogP contribution in [0.2, 0.25) is 0 Å². The normalized spacial score (nSPS) is 18.3. The van der Waals surface area contributed by atoms with Crippen molar-refractivity contribution >= 4 is 0 Å². The number of hydrogen-bond donors (Lipinski definition) is 1. The molecule has 106 valence electrons. The van der Waals surface area contributed by atoms with Crippen LogP contribution in [0, 0.1) is 5.82 Å². The molecule has 0 aromatic heterocycles. The first-order chi connectivity index (χ1) is 9.21. The predicted molar refractivity (Wildman–Crippen MR) is 69.6 cm³/mol. The summed E-state index contributed by atoms with van der Waals surface area (Å²) in [6, 6.07) is 5.03. The number of rotatable bonds is 5. The fourth-order valence-electron chi connectivity index (χ4n) is 2.21. The maximum Gasteiger partial charge on any atom is 0.170 e. The van der Waals surface area contributed by atoms with Gasteiger partial charge in [-0.3, -0.25) is 0 Å². The van der Waals surface area contributed by atoms with Crippen LogP contribution in [0.15, 0.2) is 18.2 Å². The minimum Gasteiger partial charge on any atom is -0.494 e. The quantitative estimate of drug-likeness (QED) is 0.886. The van der Waals surface area contributed by atoms with Crippen molar-refractivity contribution in [3.8, 4) is 5.75 Å². The Kier molecular flexibility index (Phi) is 4.74. The van der Waals surface area contributed by atoms with E-state index in [0.717, 1.165) is 12.8 Å². The van der Waals surface area contributed by atoms with E-state index in [2.05, 4.69) is 0 Å². The van der Waals surface area contributed by atoms with Crippen molar-refractivity contribution in [2.75, 3.05) is 26.9 Å². The van der Waals surface area contributed by atoms with E-state index in [1.54, 1.807) is 18.2 Å². The Labute approximate surface area is 112 Å². The summed E-state index contributed by atoms with van der Waals surface area (Å²) in [6.45, 7) is 1.89. The number of ether oxygens (including phenoxy) is 3. The second kappa shape index (κ2) is 6.32. The van der Waals surface area contributed by atoms with E-state index < -0.39 is 5.60 Å². The molecule has 1 fully saturated rings. The van der Waals surface area contributed by atoms with Gasteiger partial charge in [-0.25, -0.2) is 4.39 Å². The van der Waals surface area contributed by atoms with Crippen molar-refractivity contribution < 1.29 is 18.6 Å². The molecule has 5 heteroatoms. The molecule has 1 saturated heterocycles. The zero-order valence-corrected chi connectivity index (χ0v) is 11.2. The Hall–Kier alpha value is -1.17. The number of halogens is 1. The highest BCUT2D eigenvalue weighted by Crippen LogP contribution is 2.27. The first-order valence-electron chi connectivity index (χ1n) is 6.44. The molecule has 2 N–H and O–H groups in total. The number of methoxy groups -OCH3 is 1. The van der Waals surface area contributed by atoms with Crippen molar-refractivity contribution in [3.05, 3.63) is 29.6 Å². The first kappa shape index (κ1) is 14.2. The lowest BCUT2D eigenvalue weighted by molar-refractivity contribution is -0.113. The summed E-state index contributed by atoms with van der Waals surface area (Å²) in [7, 11) is 1.45. The Balaban J connectivity index is 2.05. The topological polar surface area (TPSA) is 53.7 Å². The molecule has 19 heavy (non-hydrogen) atoms. The lowest BCUT2D eigenvalue weighted by Gasteiger charge is -2.36. The van der Waals surface area contributed by atoms with Gasteiger partial charge in [0.15, 0.2) is 11.6 Å². The maximum absolute atomic E-state index is 14.0. The second-order valence-corrected chi connectivity index (χ2v) is 4.72. The fraction of sp³-hybridized carbons (Fsp3) is 0.571. The number of nitrogens with two attached hydrogens (primary N) is 1. The molecule has 1 aromatic carbocycles. The van der Waals surface area contributed by atoms with E-state index in [9.17, 15) is 4.39 Å². The number of hydrogen-bond acceptors (Lipinski definition) is 4. The van der Waals surface area contributed by atoms with Crippen LogP contribution in [-0.2, 0) is 16.1 Å². The van der Waals surface area contributed by atoms with Gasteiger partial charge in [0.25, 0.3) is 0 Å². The molecule has 1 aliphatic heterocycles. The van der Waals surface area contributed by atoms with Crippen LogP contribution in [0.4, 0.5) is 4.39 Å². The molecule has 0 atom stereocenters. The van der Waals surface area contributed by atoms with Crippen LogP contribution in [0.1, 0.15) is 18.4 Å². The minimum absolute atomic E-state index is 0.195. The van der Waals surface area contributed by atoms with Gasteiger partial charge in [-0.1, -0.05) is 12.1 Å². The van der Waals surface area contributed by atoms with Crippen LogP contribution in [0.5, 0.6) is 5.75 Å². The average molecular weight is 269 g/mol. The third-order valence-electron chi connectivity index (χ3n) is 3.57. The van der Waals surface area contributed by atoms with Crippen molar-refractivity contribution in [3.63, 3.8) is 0 Å². The zero-order valence-electron chi connectivity index (χ0n) is 11.2. The molecule has 0 spiro atoms. The first-order valence-corrected chi connectivity index (χ1v) is 6.44. The molecule has 4 nitrogen and oxygen atoms in total. The minimum atomic E-state index is -0.395. The lowest BCUT2D eigenvalue weighted by Crippen LogP contribution is -2.45. The highest BCUT2D eigenvalue weighted by Gasteiger charge is 2.32. The fourth-order valence-corrected chi connectivity index (χ4v) is 2.21. The van der Waals surface area contributed by atoms with Gasteiger partial charge in [0.1, 0.15) is 0 Å². The SMILES string of the molecule is COc1cccc(COC2(CN)CCOCC2)c1F. The molecule has 0 unspecified atom stereocenters. The van der Waals surface area contributed by atoms with E-state index in [1.165, 1.54) is 7.11 Å². The summed E-state index contributed by atoms with van der Waals surface area (Å²) in [4.78, 5) is 0. The summed E-state index contributed by atoms with van der Waals surface area (Å²) in [5.74, 6) is -0.140. The molecule has 1 heterocycles. The molecule has 0 radical (unpaired) electrons. The predicted octanol–water partition coefficient (Wildman–Crippen LogP) is 1.86. The number of benzene rings is 1. The molecule has 0 aliphatic carbocycles. The third kappa shape index (κ3) is 3.23. The summed E-state index contributed by atoms with van der Waals surface area (Å²) in [6.07, 6.45) is 1.49. The van der Waals surface area contributed by atoms with Gasteiger partial charge < -0.3 is 19.9 Å². The van der Waals surface area contributed by atoms with E-state index in [4.69, 9.17) is 19.9 Å². The van der Waals surface area contributed by atoms with Gasteiger partial charge >= 0.3 is 0 Å². The van der Waals surface area contributed by atoms with E-state index in [1.807, 2.05) is 0 Å². The largest absolute Gasteiger partial charge is 0.494 e. The van der Waals surface area contributed by atoms with Crippen LogP contribution in [-0.4, -0.2) is 32.5 Å². The van der Waals surface area contributed by atoms with E-state index in [-0.39, 0.29) is 18.2 Å². The molecule has 2 rings (SSSR count). The van der Waals surface area contributed by atoms with Gasteiger partial charge in [-0.05, 0) is 6.07 Å². The molecule has 0 saturated carbocycles. The van der Waals surface area contributed by atoms with Gasteiger partial charge in [0.05, 0.1) is 19.3 Å². The smallest absolute Gasteiger partial charge is 0.170 e. The van der Waals surface area contributed by atoms with Crippen molar-refractivity contribution in [1.82, 2.24) is 0 Å². The summed E-state index contributed by atoms with van der Waals surface area (Å²) in [5, 5.41) is 0. The van der Waals surface area contributed by atoms with Crippen LogP contribution >= 0.6 is 0 Å². The molecular formula is C14H20FNO3. The van der Waals surface area contributed by atoms with Crippen LogP contribution in [0.25, 0.3) is 0 Å². The van der Waals surface area contributed by atoms with Gasteiger partial charge in [0.2, 0.25) is 0 Å². The van der Waals surface area contributed by atoms with Crippen LogP contribution < -0.4 is 10.5 Å². The Bertz CT molecular complexity index is 419. The molecule has 0 amide bonds. The second-order valence-electron chi connectivity index (χ2n) is 4.72. The van der Waals surface area contributed by atoms with Gasteiger partial charge in [-0.2, -0.15) is 0 Å². The zero-order chi connectivity index (χ0) is 13.7. The Morgan fingerprint density at radius 2 is 2.11 bits per heavy atom. The van der Waals surface area contributed by atoms with Crippen molar-refractivity contribution in [2.45, 2.75) is 25.0 Å². The third-order valence-corrected chi connectivity index (χ3v) is 3.57.